The summed E-state index contributed by atoms with van der Waals surface area (Å²) in [5, 5.41) is 10.7. The van der Waals surface area contributed by atoms with Crippen molar-refractivity contribution in [1.82, 2.24) is 25.8 Å². The minimum atomic E-state index is -0.347. The Bertz CT molecular complexity index is 680. The molecule has 4 fully saturated rings. The van der Waals surface area contributed by atoms with Crippen LogP contribution in [-0.4, -0.2) is 92.1 Å². The fourth-order valence-electron chi connectivity index (χ4n) is 6.19. The fourth-order valence-corrected chi connectivity index (χ4v) is 6.19. The lowest BCUT2D eigenvalue weighted by molar-refractivity contribution is -0.138. The van der Waals surface area contributed by atoms with Crippen LogP contribution in [0.1, 0.15) is 51.4 Å². The molecule has 1 aliphatic carbocycles. The maximum atomic E-state index is 13.3. The molecule has 0 bridgehead atoms. The Morgan fingerprint density at radius 2 is 1.94 bits per heavy atom. The molecule has 10 heteroatoms. The van der Waals surface area contributed by atoms with Gasteiger partial charge in [-0.25, -0.2) is 0 Å². The van der Waals surface area contributed by atoms with Gasteiger partial charge in [0.25, 0.3) is 0 Å². The molecule has 3 heterocycles. The average Bonchev–Trinajstić information content (AvgIpc) is 3.27. The second kappa shape index (κ2) is 11.4. The van der Waals surface area contributed by atoms with Gasteiger partial charge in [0.05, 0.1) is 24.7 Å². The average molecular weight is 466 g/mol. The molecule has 4 aliphatic rings. The highest BCUT2D eigenvalue weighted by Gasteiger charge is 2.40. The Labute approximate surface area is 197 Å². The summed E-state index contributed by atoms with van der Waals surface area (Å²) in [5.74, 6) is -0.367. The minimum absolute atomic E-state index is 0.0262. The van der Waals surface area contributed by atoms with E-state index >= 15 is 0 Å². The summed E-state index contributed by atoms with van der Waals surface area (Å²) in [6.45, 7) is 3.78. The number of nitrogens with one attached hydrogen (secondary N) is 3. The molecule has 0 aromatic carbocycles. The number of nitrogens with two attached hydrogens (primary N) is 2. The molecule has 0 radical (unpaired) electrons. The zero-order valence-corrected chi connectivity index (χ0v) is 20.0. The van der Waals surface area contributed by atoms with Crippen LogP contribution in [0.4, 0.5) is 0 Å². The highest BCUT2D eigenvalue weighted by Crippen LogP contribution is 2.30. The molecular formula is C23H43N7O3. The zero-order valence-electron chi connectivity index (χ0n) is 20.0. The van der Waals surface area contributed by atoms with Crippen LogP contribution < -0.4 is 27.4 Å². The van der Waals surface area contributed by atoms with Gasteiger partial charge < -0.3 is 21.1 Å². The normalized spacial score (nSPS) is 38.4. The lowest BCUT2D eigenvalue weighted by atomic mass is 9.84. The Kier molecular flexibility index (Phi) is 8.59. The second-order valence-electron chi connectivity index (χ2n) is 10.4. The van der Waals surface area contributed by atoms with Gasteiger partial charge in [-0.3, -0.25) is 30.4 Å². The number of ether oxygens (including phenoxy) is 1. The van der Waals surface area contributed by atoms with E-state index in [0.717, 1.165) is 71.0 Å². The molecule has 5 unspecified atom stereocenters. The molecule has 10 nitrogen and oxygen atoms in total. The van der Waals surface area contributed by atoms with Crippen LogP contribution in [0.5, 0.6) is 0 Å². The number of methoxy groups -OCH3 is 1. The molecular weight excluding hydrogens is 422 g/mol. The SMILES string of the molecule is COC[C@H]1CCCN1C(=O)C1CCCC(NC2NC(N3CCC[C@H](N)C3)NCC2C(N)=O)C1. The number of carbonyl (C=O) groups excluding carboxylic acids is 2. The van der Waals surface area contributed by atoms with Gasteiger partial charge in [-0.15, -0.1) is 0 Å². The van der Waals surface area contributed by atoms with E-state index in [9.17, 15) is 9.59 Å². The van der Waals surface area contributed by atoms with Crippen molar-refractivity contribution in [2.45, 2.75) is 81.9 Å². The van der Waals surface area contributed by atoms with Gasteiger partial charge in [0, 0.05) is 51.3 Å². The Morgan fingerprint density at radius 1 is 1.12 bits per heavy atom. The largest absolute Gasteiger partial charge is 0.383 e. The van der Waals surface area contributed by atoms with Crippen molar-refractivity contribution in [3.05, 3.63) is 0 Å². The third-order valence-electron chi connectivity index (χ3n) is 7.95. The number of amides is 2. The molecule has 0 aromatic heterocycles. The molecule has 4 rings (SSSR count). The third kappa shape index (κ3) is 6.04. The van der Waals surface area contributed by atoms with Gasteiger partial charge in [0.1, 0.15) is 6.29 Å². The molecule has 0 spiro atoms. The van der Waals surface area contributed by atoms with E-state index in [1.807, 2.05) is 4.90 Å². The highest BCUT2D eigenvalue weighted by atomic mass is 16.5. The lowest BCUT2D eigenvalue weighted by Gasteiger charge is -2.46. The van der Waals surface area contributed by atoms with Crippen LogP contribution in [0.2, 0.25) is 0 Å². The van der Waals surface area contributed by atoms with Gasteiger partial charge in [-0.1, -0.05) is 6.42 Å². The summed E-state index contributed by atoms with van der Waals surface area (Å²) < 4.78 is 5.34. The standard InChI is InChI=1S/C23H43N7O3/c1-33-14-18-8-4-10-30(18)22(32)15-5-2-7-17(11-15)27-21-19(20(25)31)12-26-23(28-21)29-9-3-6-16(24)13-29/h15-19,21,23,26-28H,2-14,24H2,1H3,(H2,25,31)/t15?,16-,17?,18+,19?,21?,23?/m0/s1. The van der Waals surface area contributed by atoms with Crippen molar-refractivity contribution in [1.29, 1.82) is 0 Å². The third-order valence-corrected chi connectivity index (χ3v) is 7.95. The first-order valence-corrected chi connectivity index (χ1v) is 12.8. The van der Waals surface area contributed by atoms with E-state index in [-0.39, 0.29) is 54.2 Å². The molecule has 3 saturated heterocycles. The highest BCUT2D eigenvalue weighted by molar-refractivity contribution is 5.79. The number of nitrogens with zero attached hydrogens (tertiary/aromatic N) is 2. The monoisotopic (exact) mass is 465 g/mol. The van der Waals surface area contributed by atoms with Crippen molar-refractivity contribution in [2.24, 2.45) is 23.3 Å². The first-order valence-electron chi connectivity index (χ1n) is 12.8. The van der Waals surface area contributed by atoms with E-state index in [2.05, 4.69) is 20.9 Å². The fraction of sp³-hybridized carbons (Fsp3) is 0.913. The molecule has 3 aliphatic heterocycles. The van der Waals surface area contributed by atoms with Gasteiger partial charge in [-0.05, 0) is 44.9 Å². The maximum Gasteiger partial charge on any atom is 0.226 e. The molecule has 33 heavy (non-hydrogen) atoms. The molecule has 188 valence electrons. The number of hydrogen-bond acceptors (Lipinski definition) is 8. The summed E-state index contributed by atoms with van der Waals surface area (Å²) in [6.07, 6.45) is 7.67. The molecule has 1 saturated carbocycles. The van der Waals surface area contributed by atoms with E-state index < -0.39 is 0 Å². The number of rotatable bonds is 7. The smallest absolute Gasteiger partial charge is 0.226 e. The second-order valence-corrected chi connectivity index (χ2v) is 10.4. The Hall–Kier alpha value is -1.30. The number of likely N-dealkylation sites (tertiary alicyclic amines) is 2. The molecule has 2 amide bonds. The summed E-state index contributed by atoms with van der Waals surface area (Å²) in [5.41, 5.74) is 11.9. The first kappa shape index (κ1) is 24.8. The van der Waals surface area contributed by atoms with E-state index in [1.165, 1.54) is 0 Å². The van der Waals surface area contributed by atoms with E-state index in [0.29, 0.717) is 13.2 Å². The van der Waals surface area contributed by atoms with Crippen LogP contribution in [0.25, 0.3) is 0 Å². The summed E-state index contributed by atoms with van der Waals surface area (Å²) >= 11 is 0. The Balaban J connectivity index is 1.37. The maximum absolute atomic E-state index is 13.3. The van der Waals surface area contributed by atoms with Crippen LogP contribution in [0.15, 0.2) is 0 Å². The van der Waals surface area contributed by atoms with Crippen LogP contribution >= 0.6 is 0 Å². The van der Waals surface area contributed by atoms with Gasteiger partial charge in [0.15, 0.2) is 0 Å². The summed E-state index contributed by atoms with van der Waals surface area (Å²) in [6, 6.07) is 0.566. The zero-order chi connectivity index (χ0) is 23.4. The van der Waals surface area contributed by atoms with Crippen LogP contribution in [0.3, 0.4) is 0 Å². The summed E-state index contributed by atoms with van der Waals surface area (Å²) in [4.78, 5) is 29.9. The predicted molar refractivity (Wildman–Crippen MR) is 126 cm³/mol. The lowest BCUT2D eigenvalue weighted by Crippen LogP contribution is -2.72. The van der Waals surface area contributed by atoms with Crippen molar-refractivity contribution < 1.29 is 14.3 Å². The quantitative estimate of drug-likeness (QED) is 0.326. The number of piperidine rings is 1. The van der Waals surface area contributed by atoms with Crippen molar-refractivity contribution in [3.63, 3.8) is 0 Å². The molecule has 7 atom stereocenters. The minimum Gasteiger partial charge on any atom is -0.383 e. The summed E-state index contributed by atoms with van der Waals surface area (Å²) in [7, 11) is 1.70. The van der Waals surface area contributed by atoms with Crippen LogP contribution in [-0.2, 0) is 14.3 Å². The van der Waals surface area contributed by atoms with Crippen molar-refractivity contribution >= 4 is 11.8 Å². The Morgan fingerprint density at radius 3 is 2.70 bits per heavy atom. The van der Waals surface area contributed by atoms with Gasteiger partial charge >= 0.3 is 0 Å². The predicted octanol–water partition coefficient (Wildman–Crippen LogP) is -0.901. The van der Waals surface area contributed by atoms with Crippen LogP contribution in [0, 0.1) is 11.8 Å². The molecule has 0 aromatic rings. The van der Waals surface area contributed by atoms with Gasteiger partial charge in [0.2, 0.25) is 11.8 Å². The van der Waals surface area contributed by atoms with E-state index in [1.54, 1.807) is 7.11 Å². The van der Waals surface area contributed by atoms with E-state index in [4.69, 9.17) is 16.2 Å². The molecule has 7 N–H and O–H groups in total. The number of hydrogen-bond donors (Lipinski definition) is 5. The van der Waals surface area contributed by atoms with Crippen molar-refractivity contribution in [3.8, 4) is 0 Å². The van der Waals surface area contributed by atoms with Gasteiger partial charge in [-0.2, -0.15) is 0 Å². The van der Waals surface area contributed by atoms with Crippen molar-refractivity contribution in [2.75, 3.05) is 39.9 Å². The topological polar surface area (TPSA) is 138 Å². The first-order chi connectivity index (χ1) is 16.0. The number of primary amides is 1. The number of carbonyl (C=O) groups is 2.